The number of benzene rings is 2. The van der Waals surface area contributed by atoms with Crippen molar-refractivity contribution in [3.8, 4) is 11.4 Å². The number of carbonyl (C=O) groups excluding carboxylic acids is 1. The van der Waals surface area contributed by atoms with Gasteiger partial charge in [0.05, 0.1) is 5.56 Å². The molecule has 0 aliphatic carbocycles. The van der Waals surface area contributed by atoms with E-state index in [9.17, 15) is 18.0 Å². The zero-order valence-electron chi connectivity index (χ0n) is 15.7. The lowest BCUT2D eigenvalue weighted by Crippen LogP contribution is -2.38. The molecular formula is C21H17ClF3N3O2. The maximum absolute atomic E-state index is 13.0. The molecule has 1 amide bonds. The minimum atomic E-state index is -4.45. The number of nitrogens with zero attached hydrogens (tertiary/aromatic N) is 3. The molecule has 0 saturated carbocycles. The molecule has 9 heteroatoms. The number of hydrogen-bond acceptors (Lipinski definition) is 4. The van der Waals surface area contributed by atoms with Crippen molar-refractivity contribution in [3.05, 3.63) is 70.6 Å². The lowest BCUT2D eigenvalue weighted by atomic mass is 10.00. The third kappa shape index (κ3) is 4.18. The Morgan fingerprint density at radius 1 is 1.07 bits per heavy atom. The van der Waals surface area contributed by atoms with Crippen LogP contribution in [-0.2, 0) is 6.18 Å². The lowest BCUT2D eigenvalue weighted by molar-refractivity contribution is -0.137. The van der Waals surface area contributed by atoms with Crippen LogP contribution >= 0.6 is 11.6 Å². The molecule has 2 aromatic carbocycles. The number of alkyl halides is 3. The summed E-state index contributed by atoms with van der Waals surface area (Å²) in [6.07, 6.45) is -2.15. The molecule has 156 valence electrons. The second-order valence-electron chi connectivity index (χ2n) is 7.05. The highest BCUT2D eigenvalue weighted by molar-refractivity contribution is 6.30. The summed E-state index contributed by atoms with van der Waals surface area (Å²) < 4.78 is 43.8. The third-order valence-corrected chi connectivity index (χ3v) is 5.30. The zero-order chi connectivity index (χ0) is 21.3. The summed E-state index contributed by atoms with van der Waals surface area (Å²) >= 11 is 5.90. The van der Waals surface area contributed by atoms with Crippen molar-refractivity contribution in [3.63, 3.8) is 0 Å². The van der Waals surface area contributed by atoms with Crippen LogP contribution in [0.4, 0.5) is 13.2 Å². The van der Waals surface area contributed by atoms with Gasteiger partial charge in [-0.2, -0.15) is 18.2 Å². The van der Waals surface area contributed by atoms with E-state index < -0.39 is 17.8 Å². The van der Waals surface area contributed by atoms with Gasteiger partial charge in [0, 0.05) is 22.7 Å². The molecular weight excluding hydrogens is 419 g/mol. The molecule has 30 heavy (non-hydrogen) atoms. The van der Waals surface area contributed by atoms with E-state index in [1.807, 2.05) is 0 Å². The second kappa shape index (κ2) is 8.10. The van der Waals surface area contributed by atoms with Gasteiger partial charge in [-0.25, -0.2) is 0 Å². The summed E-state index contributed by atoms with van der Waals surface area (Å²) in [4.78, 5) is 19.0. The van der Waals surface area contributed by atoms with E-state index >= 15 is 0 Å². The highest BCUT2D eigenvalue weighted by Gasteiger charge is 2.34. The number of halogens is 4. The normalized spacial score (nSPS) is 17.2. The Bertz CT molecular complexity index is 1030. The van der Waals surface area contributed by atoms with Crippen LogP contribution in [0.5, 0.6) is 0 Å². The largest absolute Gasteiger partial charge is 0.416 e. The molecule has 1 atom stereocenters. The highest BCUT2D eigenvalue weighted by atomic mass is 35.5. The smallest absolute Gasteiger partial charge is 0.337 e. The molecule has 0 N–H and O–H groups in total. The molecule has 4 rings (SSSR count). The maximum Gasteiger partial charge on any atom is 0.416 e. The second-order valence-corrected chi connectivity index (χ2v) is 7.48. The SMILES string of the molecule is O=C(c1ccc(C(F)(F)F)cc1)N1CCCCC1c1nc(-c2ccc(Cl)cc2)no1. The quantitative estimate of drug-likeness (QED) is 0.523. The Morgan fingerprint density at radius 2 is 1.77 bits per heavy atom. The van der Waals surface area contributed by atoms with Gasteiger partial charge >= 0.3 is 6.18 Å². The fourth-order valence-corrected chi connectivity index (χ4v) is 3.61. The van der Waals surface area contributed by atoms with Gasteiger partial charge in [0.2, 0.25) is 11.7 Å². The van der Waals surface area contributed by atoms with Gasteiger partial charge in [-0.1, -0.05) is 16.8 Å². The Morgan fingerprint density at radius 3 is 2.43 bits per heavy atom. The summed E-state index contributed by atoms with van der Waals surface area (Å²) in [7, 11) is 0. The van der Waals surface area contributed by atoms with Crippen molar-refractivity contribution < 1.29 is 22.5 Å². The molecule has 1 aliphatic heterocycles. The van der Waals surface area contributed by atoms with Gasteiger partial charge in [-0.3, -0.25) is 4.79 Å². The molecule has 1 aliphatic rings. The van der Waals surface area contributed by atoms with Crippen molar-refractivity contribution >= 4 is 17.5 Å². The number of rotatable bonds is 3. The van der Waals surface area contributed by atoms with E-state index in [-0.39, 0.29) is 11.5 Å². The molecule has 1 aromatic heterocycles. The topological polar surface area (TPSA) is 59.2 Å². The summed E-state index contributed by atoms with van der Waals surface area (Å²) in [6, 6.07) is 10.8. The number of aromatic nitrogens is 2. The lowest BCUT2D eigenvalue weighted by Gasteiger charge is -2.33. The molecule has 0 spiro atoms. The molecule has 3 aromatic rings. The molecule has 1 unspecified atom stereocenters. The van der Waals surface area contributed by atoms with Gasteiger partial charge < -0.3 is 9.42 Å². The van der Waals surface area contributed by atoms with Crippen molar-refractivity contribution in [1.82, 2.24) is 15.0 Å². The molecule has 5 nitrogen and oxygen atoms in total. The number of hydrogen-bond donors (Lipinski definition) is 0. The predicted molar refractivity (Wildman–Crippen MR) is 104 cm³/mol. The standard InChI is InChI=1S/C21H17ClF3N3O2/c22-16-10-6-13(7-11-16)18-26-19(30-27-18)17-3-1-2-12-28(17)20(29)14-4-8-15(9-5-14)21(23,24)25/h4-11,17H,1-3,12H2. The van der Waals surface area contributed by atoms with Crippen LogP contribution in [0.1, 0.15) is 47.1 Å². The first-order valence-electron chi connectivity index (χ1n) is 9.41. The molecule has 0 bridgehead atoms. The first-order valence-corrected chi connectivity index (χ1v) is 9.78. The Hall–Kier alpha value is -2.87. The van der Waals surface area contributed by atoms with Gasteiger partial charge in [0.15, 0.2) is 0 Å². The van der Waals surface area contributed by atoms with Crippen molar-refractivity contribution in [1.29, 1.82) is 0 Å². The average Bonchev–Trinajstić information content (AvgIpc) is 3.23. The van der Waals surface area contributed by atoms with Gasteiger partial charge in [-0.05, 0) is 67.8 Å². The fraction of sp³-hybridized carbons (Fsp3) is 0.286. The van der Waals surface area contributed by atoms with Gasteiger partial charge in [0.1, 0.15) is 6.04 Å². The molecule has 1 fully saturated rings. The molecule has 2 heterocycles. The Labute approximate surface area is 175 Å². The van der Waals surface area contributed by atoms with Crippen molar-refractivity contribution in [2.75, 3.05) is 6.54 Å². The summed E-state index contributed by atoms with van der Waals surface area (Å²) in [6.45, 7) is 0.461. The van der Waals surface area contributed by atoms with Crippen molar-refractivity contribution in [2.45, 2.75) is 31.5 Å². The molecule has 0 radical (unpaired) electrons. The highest BCUT2D eigenvalue weighted by Crippen LogP contribution is 2.33. The monoisotopic (exact) mass is 435 g/mol. The Balaban J connectivity index is 1.57. The first kappa shape index (κ1) is 20.4. The summed E-state index contributed by atoms with van der Waals surface area (Å²) in [5.41, 5.74) is 0.122. The fourth-order valence-electron chi connectivity index (χ4n) is 3.49. The minimum Gasteiger partial charge on any atom is -0.337 e. The van der Waals surface area contributed by atoms with E-state index in [0.29, 0.717) is 29.7 Å². The van der Waals surface area contributed by atoms with Crippen LogP contribution in [0, 0.1) is 0 Å². The van der Waals surface area contributed by atoms with E-state index in [2.05, 4.69) is 10.1 Å². The van der Waals surface area contributed by atoms with Gasteiger partial charge in [0.25, 0.3) is 5.91 Å². The van der Waals surface area contributed by atoms with Crippen LogP contribution < -0.4 is 0 Å². The Kier molecular flexibility index (Phi) is 5.51. The maximum atomic E-state index is 13.0. The first-order chi connectivity index (χ1) is 14.3. The number of carbonyl (C=O) groups is 1. The van der Waals surface area contributed by atoms with Crippen LogP contribution in [0.3, 0.4) is 0 Å². The van der Waals surface area contributed by atoms with E-state index in [1.165, 1.54) is 12.1 Å². The number of piperidine rings is 1. The van der Waals surface area contributed by atoms with Crippen LogP contribution in [0.15, 0.2) is 53.1 Å². The van der Waals surface area contributed by atoms with Crippen LogP contribution in [0.25, 0.3) is 11.4 Å². The predicted octanol–water partition coefficient (Wildman–Crippen LogP) is 5.78. The van der Waals surface area contributed by atoms with Crippen molar-refractivity contribution in [2.24, 2.45) is 0 Å². The van der Waals surface area contributed by atoms with E-state index in [0.717, 1.165) is 30.5 Å². The van der Waals surface area contributed by atoms with Crippen LogP contribution in [0.2, 0.25) is 5.02 Å². The number of amides is 1. The summed E-state index contributed by atoms with van der Waals surface area (Å²) in [5, 5.41) is 4.59. The zero-order valence-corrected chi connectivity index (χ0v) is 16.5. The van der Waals surface area contributed by atoms with E-state index in [1.54, 1.807) is 29.2 Å². The number of likely N-dealkylation sites (tertiary alicyclic amines) is 1. The summed E-state index contributed by atoms with van der Waals surface area (Å²) in [5.74, 6) is 0.328. The minimum absolute atomic E-state index is 0.187. The average molecular weight is 436 g/mol. The third-order valence-electron chi connectivity index (χ3n) is 5.05. The van der Waals surface area contributed by atoms with Crippen LogP contribution in [-0.4, -0.2) is 27.5 Å². The van der Waals surface area contributed by atoms with E-state index in [4.69, 9.17) is 16.1 Å². The molecule has 1 saturated heterocycles. The van der Waals surface area contributed by atoms with Gasteiger partial charge in [-0.15, -0.1) is 0 Å².